The van der Waals surface area contributed by atoms with Crippen LogP contribution in [0.4, 0.5) is 0 Å². The number of aliphatic carboxylic acids is 1. The molecule has 0 aromatic heterocycles. The standard InChI is InChI=1S/C14H17NO4/c1-19-12(9-5-3-2-4-6-9)13(16)15-11-7-10(8-11)14(17)18/h2-6,10-12H,7-8H2,1H3,(H,15,16)(H,17,18). The van der Waals surface area contributed by atoms with Crippen LogP contribution in [-0.4, -0.2) is 30.1 Å². The van der Waals surface area contributed by atoms with Crippen LogP contribution in [-0.2, 0) is 14.3 Å². The van der Waals surface area contributed by atoms with Crippen LogP contribution in [0.15, 0.2) is 30.3 Å². The third-order valence-corrected chi connectivity index (χ3v) is 3.41. The van der Waals surface area contributed by atoms with Crippen molar-refractivity contribution >= 4 is 11.9 Å². The van der Waals surface area contributed by atoms with E-state index in [4.69, 9.17) is 9.84 Å². The van der Waals surface area contributed by atoms with Gasteiger partial charge < -0.3 is 15.2 Å². The summed E-state index contributed by atoms with van der Waals surface area (Å²) in [5.41, 5.74) is 0.789. The van der Waals surface area contributed by atoms with Gasteiger partial charge in [-0.05, 0) is 18.4 Å². The van der Waals surface area contributed by atoms with Crippen LogP contribution in [0.1, 0.15) is 24.5 Å². The number of methoxy groups -OCH3 is 1. The molecule has 0 saturated heterocycles. The molecular weight excluding hydrogens is 246 g/mol. The highest BCUT2D eigenvalue weighted by atomic mass is 16.5. The molecule has 19 heavy (non-hydrogen) atoms. The van der Waals surface area contributed by atoms with Crippen LogP contribution in [0.3, 0.4) is 0 Å². The largest absolute Gasteiger partial charge is 0.481 e. The van der Waals surface area contributed by atoms with Crippen LogP contribution < -0.4 is 5.32 Å². The van der Waals surface area contributed by atoms with Crippen molar-refractivity contribution in [3.05, 3.63) is 35.9 Å². The summed E-state index contributed by atoms with van der Waals surface area (Å²) < 4.78 is 5.21. The maximum Gasteiger partial charge on any atom is 0.306 e. The molecule has 1 fully saturated rings. The van der Waals surface area contributed by atoms with Crippen molar-refractivity contribution in [2.75, 3.05) is 7.11 Å². The van der Waals surface area contributed by atoms with Gasteiger partial charge in [0.2, 0.25) is 0 Å². The Morgan fingerprint density at radius 2 is 1.95 bits per heavy atom. The first-order valence-electron chi connectivity index (χ1n) is 6.22. The van der Waals surface area contributed by atoms with Crippen LogP contribution in [0.25, 0.3) is 0 Å². The fourth-order valence-electron chi connectivity index (χ4n) is 2.24. The fourth-order valence-corrected chi connectivity index (χ4v) is 2.24. The van der Waals surface area contributed by atoms with Gasteiger partial charge in [0.1, 0.15) is 0 Å². The molecule has 5 heteroatoms. The molecular formula is C14H17NO4. The monoisotopic (exact) mass is 263 g/mol. The van der Waals surface area contributed by atoms with Gasteiger partial charge in [0.05, 0.1) is 5.92 Å². The Bertz CT molecular complexity index is 454. The summed E-state index contributed by atoms with van der Waals surface area (Å²) in [6.45, 7) is 0. The van der Waals surface area contributed by atoms with Crippen LogP contribution in [0.5, 0.6) is 0 Å². The summed E-state index contributed by atoms with van der Waals surface area (Å²) in [6.07, 6.45) is 0.337. The van der Waals surface area contributed by atoms with Gasteiger partial charge in [0.15, 0.2) is 6.10 Å². The van der Waals surface area contributed by atoms with Crippen molar-refractivity contribution in [2.45, 2.75) is 25.0 Å². The van der Waals surface area contributed by atoms with E-state index >= 15 is 0 Å². The van der Waals surface area contributed by atoms with E-state index in [2.05, 4.69) is 5.32 Å². The van der Waals surface area contributed by atoms with Crippen molar-refractivity contribution in [3.8, 4) is 0 Å². The summed E-state index contributed by atoms with van der Waals surface area (Å²) in [7, 11) is 1.48. The van der Waals surface area contributed by atoms with Gasteiger partial charge in [-0.25, -0.2) is 0 Å². The lowest BCUT2D eigenvalue weighted by Crippen LogP contribution is -2.48. The van der Waals surface area contributed by atoms with Gasteiger partial charge in [0, 0.05) is 13.2 Å². The SMILES string of the molecule is COC(C(=O)NC1CC(C(=O)O)C1)c1ccccc1. The van der Waals surface area contributed by atoms with E-state index in [1.54, 1.807) is 0 Å². The molecule has 0 radical (unpaired) electrons. The highest BCUT2D eigenvalue weighted by Gasteiger charge is 2.36. The molecule has 1 saturated carbocycles. The van der Waals surface area contributed by atoms with E-state index in [1.807, 2.05) is 30.3 Å². The number of carboxylic acids is 1. The Hall–Kier alpha value is -1.88. The molecule has 2 N–H and O–H groups in total. The Labute approximate surface area is 111 Å². The molecule has 1 aromatic rings. The van der Waals surface area contributed by atoms with E-state index in [0.717, 1.165) is 5.56 Å². The van der Waals surface area contributed by atoms with E-state index in [9.17, 15) is 9.59 Å². The maximum atomic E-state index is 12.1. The Morgan fingerprint density at radius 1 is 1.32 bits per heavy atom. The van der Waals surface area contributed by atoms with Crippen molar-refractivity contribution in [2.24, 2.45) is 5.92 Å². The zero-order valence-electron chi connectivity index (χ0n) is 10.7. The first-order chi connectivity index (χ1) is 9.11. The fraction of sp³-hybridized carbons (Fsp3) is 0.429. The number of hydrogen-bond acceptors (Lipinski definition) is 3. The van der Waals surface area contributed by atoms with Crippen LogP contribution in [0, 0.1) is 5.92 Å². The smallest absolute Gasteiger partial charge is 0.306 e. The van der Waals surface area contributed by atoms with Gasteiger partial charge in [-0.15, -0.1) is 0 Å². The summed E-state index contributed by atoms with van der Waals surface area (Å²) in [5, 5.41) is 11.6. The Balaban J connectivity index is 1.91. The number of carbonyl (C=O) groups is 2. The molecule has 1 aliphatic rings. The molecule has 0 bridgehead atoms. The normalized spacial score (nSPS) is 23.2. The second-order valence-corrected chi connectivity index (χ2v) is 4.74. The van der Waals surface area contributed by atoms with Gasteiger partial charge in [-0.3, -0.25) is 9.59 Å². The summed E-state index contributed by atoms with van der Waals surface area (Å²) >= 11 is 0. The van der Waals surface area contributed by atoms with Gasteiger partial charge in [-0.1, -0.05) is 30.3 Å². The second-order valence-electron chi connectivity index (χ2n) is 4.74. The number of carbonyl (C=O) groups excluding carboxylic acids is 1. The van der Waals surface area contributed by atoms with Crippen molar-refractivity contribution in [1.29, 1.82) is 0 Å². The molecule has 1 aromatic carbocycles. The molecule has 1 unspecified atom stereocenters. The molecule has 1 amide bonds. The minimum atomic E-state index is -0.795. The Morgan fingerprint density at radius 3 is 2.47 bits per heavy atom. The van der Waals surface area contributed by atoms with Crippen LogP contribution >= 0.6 is 0 Å². The average molecular weight is 263 g/mol. The number of nitrogens with one attached hydrogen (secondary N) is 1. The predicted octanol–water partition coefficient (Wildman–Crippen LogP) is 1.35. The lowest BCUT2D eigenvalue weighted by Gasteiger charge is -2.33. The number of carboxylic acid groups (broad SMARTS) is 1. The third-order valence-electron chi connectivity index (χ3n) is 3.41. The molecule has 1 aliphatic carbocycles. The molecule has 0 aliphatic heterocycles. The third kappa shape index (κ3) is 3.12. The summed E-state index contributed by atoms with van der Waals surface area (Å²) in [4.78, 5) is 22.8. The average Bonchev–Trinajstić information content (AvgIpc) is 2.35. The van der Waals surface area contributed by atoms with Crippen molar-refractivity contribution in [3.63, 3.8) is 0 Å². The lowest BCUT2D eigenvalue weighted by atomic mass is 9.80. The molecule has 102 valence electrons. The molecule has 5 nitrogen and oxygen atoms in total. The lowest BCUT2D eigenvalue weighted by molar-refractivity contribution is -0.147. The molecule has 0 heterocycles. The van der Waals surface area contributed by atoms with E-state index < -0.39 is 12.1 Å². The number of benzene rings is 1. The highest BCUT2D eigenvalue weighted by Crippen LogP contribution is 2.28. The van der Waals surface area contributed by atoms with Gasteiger partial charge >= 0.3 is 5.97 Å². The predicted molar refractivity (Wildman–Crippen MR) is 68.5 cm³/mol. The zero-order chi connectivity index (χ0) is 13.8. The topological polar surface area (TPSA) is 75.6 Å². The number of hydrogen-bond donors (Lipinski definition) is 2. The quantitative estimate of drug-likeness (QED) is 0.841. The summed E-state index contributed by atoms with van der Waals surface area (Å²) in [6, 6.07) is 9.16. The number of rotatable bonds is 5. The van der Waals surface area contributed by atoms with Gasteiger partial charge in [-0.2, -0.15) is 0 Å². The summed E-state index contributed by atoms with van der Waals surface area (Å²) in [5.74, 6) is -1.34. The first-order valence-corrected chi connectivity index (χ1v) is 6.22. The number of ether oxygens (including phenoxy) is 1. The van der Waals surface area contributed by atoms with E-state index in [-0.39, 0.29) is 17.9 Å². The number of amides is 1. The first kappa shape index (κ1) is 13.5. The Kier molecular flexibility index (Phi) is 4.16. The molecule has 0 spiro atoms. The molecule has 1 atom stereocenters. The highest BCUT2D eigenvalue weighted by molar-refractivity contribution is 5.83. The van der Waals surface area contributed by atoms with Gasteiger partial charge in [0.25, 0.3) is 5.91 Å². The minimum Gasteiger partial charge on any atom is -0.481 e. The minimum absolute atomic E-state index is 0.0602. The van der Waals surface area contributed by atoms with Crippen molar-refractivity contribution < 1.29 is 19.4 Å². The van der Waals surface area contributed by atoms with E-state index in [0.29, 0.717) is 12.8 Å². The maximum absolute atomic E-state index is 12.1. The van der Waals surface area contributed by atoms with Crippen LogP contribution in [0.2, 0.25) is 0 Å². The second kappa shape index (κ2) is 5.84. The molecule has 2 rings (SSSR count). The van der Waals surface area contributed by atoms with Crippen molar-refractivity contribution in [1.82, 2.24) is 5.32 Å². The van der Waals surface area contributed by atoms with E-state index in [1.165, 1.54) is 7.11 Å². The zero-order valence-corrected chi connectivity index (χ0v) is 10.7.